The third-order valence-electron chi connectivity index (χ3n) is 3.83. The van der Waals surface area contributed by atoms with Crippen molar-refractivity contribution in [3.8, 4) is 5.75 Å². The number of ether oxygens (including phenoxy) is 1. The molecule has 0 spiro atoms. The van der Waals surface area contributed by atoms with E-state index in [1.165, 1.54) is 12.1 Å². The van der Waals surface area contributed by atoms with Gasteiger partial charge in [0, 0.05) is 12.0 Å². The second-order valence-electron chi connectivity index (χ2n) is 5.08. The predicted octanol–water partition coefficient (Wildman–Crippen LogP) is 2.02. The summed E-state index contributed by atoms with van der Waals surface area (Å²) in [5, 5.41) is 12.6. The smallest absolute Gasteiger partial charge is 0.123 e. The molecule has 1 aliphatic rings. The van der Waals surface area contributed by atoms with Crippen molar-refractivity contribution in [3.63, 3.8) is 0 Å². The first kappa shape index (κ1) is 13.3. The number of aliphatic hydroxyl groups is 1. The Bertz CT molecular complexity index is 418. The van der Waals surface area contributed by atoms with Gasteiger partial charge in [-0.25, -0.2) is 4.39 Å². The molecule has 100 valence electrons. The van der Waals surface area contributed by atoms with Crippen molar-refractivity contribution < 1.29 is 14.2 Å². The monoisotopic (exact) mass is 253 g/mol. The van der Waals surface area contributed by atoms with Crippen molar-refractivity contribution in [2.24, 2.45) is 0 Å². The summed E-state index contributed by atoms with van der Waals surface area (Å²) in [4.78, 5) is 0. The fraction of sp³-hybridized carbons (Fsp3) is 0.571. The highest BCUT2D eigenvalue weighted by molar-refractivity contribution is 5.32. The van der Waals surface area contributed by atoms with Crippen molar-refractivity contribution in [1.82, 2.24) is 5.32 Å². The molecule has 3 nitrogen and oxygen atoms in total. The topological polar surface area (TPSA) is 41.5 Å². The first-order valence-electron chi connectivity index (χ1n) is 6.31. The molecule has 2 atom stereocenters. The fourth-order valence-electron chi connectivity index (χ4n) is 2.55. The SMILES string of the molecule is CNC1(CO)CCC(Oc2ccc(F)cc2C)C1. The Hall–Kier alpha value is -1.13. The van der Waals surface area contributed by atoms with Gasteiger partial charge in [-0.05, 0) is 50.6 Å². The van der Waals surface area contributed by atoms with Crippen LogP contribution in [0.25, 0.3) is 0 Å². The van der Waals surface area contributed by atoms with Crippen molar-refractivity contribution in [3.05, 3.63) is 29.6 Å². The first-order valence-corrected chi connectivity index (χ1v) is 6.31. The highest BCUT2D eigenvalue weighted by atomic mass is 19.1. The van der Waals surface area contributed by atoms with Crippen LogP contribution in [0.15, 0.2) is 18.2 Å². The summed E-state index contributed by atoms with van der Waals surface area (Å²) in [5.74, 6) is 0.484. The molecule has 1 saturated carbocycles. The van der Waals surface area contributed by atoms with E-state index in [0.717, 1.165) is 30.6 Å². The standard InChI is InChI=1S/C14H20FNO2/c1-10-7-11(15)3-4-13(10)18-12-5-6-14(8-12,9-17)16-2/h3-4,7,12,16-17H,5-6,8-9H2,1-2H3. The Morgan fingerprint density at radius 1 is 1.56 bits per heavy atom. The van der Waals surface area contributed by atoms with Crippen LogP contribution in [0, 0.1) is 12.7 Å². The summed E-state index contributed by atoms with van der Waals surface area (Å²) in [6.07, 6.45) is 2.65. The molecule has 0 radical (unpaired) electrons. The van der Waals surface area contributed by atoms with Crippen LogP contribution in [0.3, 0.4) is 0 Å². The Morgan fingerprint density at radius 3 is 2.89 bits per heavy atom. The average Bonchev–Trinajstić information content (AvgIpc) is 2.77. The molecule has 18 heavy (non-hydrogen) atoms. The quantitative estimate of drug-likeness (QED) is 0.862. The van der Waals surface area contributed by atoms with E-state index in [9.17, 15) is 9.50 Å². The van der Waals surface area contributed by atoms with E-state index in [1.54, 1.807) is 6.07 Å². The van der Waals surface area contributed by atoms with E-state index in [1.807, 2.05) is 14.0 Å². The minimum atomic E-state index is -0.244. The molecule has 2 N–H and O–H groups in total. The number of hydrogen-bond donors (Lipinski definition) is 2. The van der Waals surface area contributed by atoms with Crippen LogP contribution in [-0.4, -0.2) is 30.4 Å². The van der Waals surface area contributed by atoms with E-state index in [0.29, 0.717) is 0 Å². The third-order valence-corrected chi connectivity index (χ3v) is 3.83. The Morgan fingerprint density at radius 2 is 2.33 bits per heavy atom. The summed E-state index contributed by atoms with van der Waals surface area (Å²) >= 11 is 0. The molecular weight excluding hydrogens is 233 g/mol. The van der Waals surface area contributed by atoms with Crippen molar-refractivity contribution in [1.29, 1.82) is 0 Å². The second kappa shape index (κ2) is 5.24. The lowest BCUT2D eigenvalue weighted by Gasteiger charge is -2.26. The molecule has 0 amide bonds. The molecule has 0 saturated heterocycles. The number of aryl methyl sites for hydroxylation is 1. The molecule has 0 bridgehead atoms. The molecule has 0 heterocycles. The third kappa shape index (κ3) is 2.65. The number of aliphatic hydroxyl groups excluding tert-OH is 1. The van der Waals surface area contributed by atoms with Gasteiger partial charge < -0.3 is 15.2 Å². The number of halogens is 1. The van der Waals surface area contributed by atoms with Gasteiger partial charge in [0.05, 0.1) is 6.61 Å². The summed E-state index contributed by atoms with van der Waals surface area (Å²) in [6, 6.07) is 4.55. The molecule has 0 aliphatic heterocycles. The van der Waals surface area contributed by atoms with Crippen LogP contribution >= 0.6 is 0 Å². The molecule has 2 unspecified atom stereocenters. The van der Waals surface area contributed by atoms with Gasteiger partial charge in [0.2, 0.25) is 0 Å². The fourth-order valence-corrected chi connectivity index (χ4v) is 2.55. The highest BCUT2D eigenvalue weighted by Crippen LogP contribution is 2.33. The largest absolute Gasteiger partial charge is 0.490 e. The maximum absolute atomic E-state index is 13.0. The van der Waals surface area contributed by atoms with Crippen molar-refractivity contribution >= 4 is 0 Å². The number of benzene rings is 1. The maximum Gasteiger partial charge on any atom is 0.123 e. The lowest BCUT2D eigenvalue weighted by Crippen LogP contribution is -2.44. The van der Waals surface area contributed by atoms with Crippen LogP contribution in [0.1, 0.15) is 24.8 Å². The molecular formula is C14H20FNO2. The first-order chi connectivity index (χ1) is 8.58. The van der Waals surface area contributed by atoms with Gasteiger partial charge in [0.25, 0.3) is 0 Å². The number of rotatable bonds is 4. The van der Waals surface area contributed by atoms with Crippen LogP contribution in [0.2, 0.25) is 0 Å². The van der Waals surface area contributed by atoms with Crippen LogP contribution in [-0.2, 0) is 0 Å². The highest BCUT2D eigenvalue weighted by Gasteiger charge is 2.38. The Labute approximate surface area is 107 Å². The van der Waals surface area contributed by atoms with Gasteiger partial charge in [-0.2, -0.15) is 0 Å². The van der Waals surface area contributed by atoms with Crippen LogP contribution < -0.4 is 10.1 Å². The van der Waals surface area contributed by atoms with E-state index in [-0.39, 0.29) is 24.1 Å². The summed E-state index contributed by atoms with van der Waals surface area (Å²) in [5.41, 5.74) is 0.583. The molecule has 4 heteroatoms. The van der Waals surface area contributed by atoms with E-state index in [4.69, 9.17) is 4.74 Å². The van der Waals surface area contributed by atoms with Gasteiger partial charge in [0.1, 0.15) is 17.7 Å². The van der Waals surface area contributed by atoms with E-state index in [2.05, 4.69) is 5.32 Å². The average molecular weight is 253 g/mol. The van der Waals surface area contributed by atoms with Gasteiger partial charge in [-0.1, -0.05) is 0 Å². The molecule has 1 aromatic rings. The summed E-state index contributed by atoms with van der Waals surface area (Å²) in [7, 11) is 1.86. The Kier molecular flexibility index (Phi) is 3.88. The van der Waals surface area contributed by atoms with Gasteiger partial charge in [-0.15, -0.1) is 0 Å². The van der Waals surface area contributed by atoms with E-state index >= 15 is 0 Å². The molecule has 1 fully saturated rings. The van der Waals surface area contributed by atoms with Gasteiger partial charge in [0.15, 0.2) is 0 Å². The molecule has 1 aliphatic carbocycles. The molecule has 1 aromatic carbocycles. The minimum absolute atomic E-state index is 0.0776. The molecule has 2 rings (SSSR count). The summed E-state index contributed by atoms with van der Waals surface area (Å²) in [6.45, 7) is 1.95. The number of nitrogens with one attached hydrogen (secondary N) is 1. The second-order valence-corrected chi connectivity index (χ2v) is 5.08. The normalized spacial score (nSPS) is 27.4. The number of likely N-dealkylation sites (N-methyl/N-ethyl adjacent to an activating group) is 1. The van der Waals surface area contributed by atoms with Gasteiger partial charge >= 0.3 is 0 Å². The van der Waals surface area contributed by atoms with Gasteiger partial charge in [-0.3, -0.25) is 0 Å². The van der Waals surface area contributed by atoms with Crippen molar-refractivity contribution in [2.75, 3.05) is 13.7 Å². The number of hydrogen-bond acceptors (Lipinski definition) is 3. The molecule has 0 aromatic heterocycles. The van der Waals surface area contributed by atoms with Crippen LogP contribution in [0.5, 0.6) is 5.75 Å². The Balaban J connectivity index is 2.03. The zero-order valence-corrected chi connectivity index (χ0v) is 10.9. The minimum Gasteiger partial charge on any atom is -0.490 e. The van der Waals surface area contributed by atoms with E-state index < -0.39 is 0 Å². The predicted molar refractivity (Wildman–Crippen MR) is 68.3 cm³/mol. The zero-order chi connectivity index (χ0) is 13.2. The summed E-state index contributed by atoms with van der Waals surface area (Å²) < 4.78 is 18.9. The maximum atomic E-state index is 13.0. The van der Waals surface area contributed by atoms with Crippen molar-refractivity contribution in [2.45, 2.75) is 37.8 Å². The zero-order valence-electron chi connectivity index (χ0n) is 10.9. The van der Waals surface area contributed by atoms with Crippen LogP contribution in [0.4, 0.5) is 4.39 Å². The lowest BCUT2D eigenvalue weighted by atomic mass is 9.99. The lowest BCUT2D eigenvalue weighted by molar-refractivity contribution is 0.146.